The largest absolute Gasteiger partial charge is 0.384 e. The van der Waals surface area contributed by atoms with Gasteiger partial charge in [-0.2, -0.15) is 0 Å². The Morgan fingerprint density at radius 1 is 1.11 bits per heavy atom. The van der Waals surface area contributed by atoms with Crippen LogP contribution in [0.15, 0.2) is 57.9 Å². The Labute approximate surface area is 171 Å². The molecule has 2 aromatic carbocycles. The number of ether oxygens (including phenoxy) is 1. The molecule has 0 aliphatic heterocycles. The van der Waals surface area contributed by atoms with Crippen molar-refractivity contribution in [2.45, 2.75) is 24.7 Å². The minimum absolute atomic E-state index is 0.196. The number of halogens is 1. The lowest BCUT2D eigenvalue weighted by Crippen LogP contribution is -1.92. The molecule has 0 radical (unpaired) electrons. The fourth-order valence-corrected chi connectivity index (χ4v) is 3.88. The van der Waals surface area contributed by atoms with Gasteiger partial charge in [-0.25, -0.2) is 4.39 Å². The van der Waals surface area contributed by atoms with Gasteiger partial charge in [0.05, 0.1) is 6.61 Å². The van der Waals surface area contributed by atoms with Gasteiger partial charge in [0.25, 0.3) is 0 Å². The normalized spacial score (nSPS) is 15.1. The summed E-state index contributed by atoms with van der Waals surface area (Å²) in [4.78, 5) is 5.72. The van der Waals surface area contributed by atoms with Crippen LogP contribution in [0, 0.1) is 5.82 Å². The van der Waals surface area contributed by atoms with Crippen LogP contribution in [0.2, 0.25) is 0 Å². The van der Waals surface area contributed by atoms with E-state index in [9.17, 15) is 4.39 Å². The molecule has 4 heteroatoms. The molecular weight excluding hydrogens is 369 g/mol. The first-order valence-corrected chi connectivity index (χ1v) is 10.7. The first-order chi connectivity index (χ1) is 13.6. The number of aliphatic imine (C=N–C) groups is 1. The molecule has 0 aromatic heterocycles. The molecule has 0 amide bonds. The van der Waals surface area contributed by atoms with Crippen LogP contribution < -0.4 is 0 Å². The van der Waals surface area contributed by atoms with Crippen LogP contribution in [0.3, 0.4) is 0 Å². The molecule has 0 unspecified atom stereocenters. The lowest BCUT2D eigenvalue weighted by molar-refractivity contribution is 0.208. The lowest BCUT2D eigenvalue weighted by atomic mass is 10.0. The topological polar surface area (TPSA) is 21.6 Å². The fraction of sp³-hybridized carbons (Fsp3) is 0.292. The number of benzene rings is 2. The minimum atomic E-state index is -0.196. The summed E-state index contributed by atoms with van der Waals surface area (Å²) in [7, 11) is 1.69. The molecule has 0 N–H and O–H groups in total. The summed E-state index contributed by atoms with van der Waals surface area (Å²) in [6.07, 6.45) is 7.80. The van der Waals surface area contributed by atoms with Crippen LogP contribution in [0.5, 0.6) is 0 Å². The molecule has 2 aromatic rings. The number of nitrogens with zero attached hydrogens (tertiary/aromatic N) is 1. The molecule has 2 nitrogen and oxygen atoms in total. The highest BCUT2D eigenvalue weighted by molar-refractivity contribution is 7.98. The summed E-state index contributed by atoms with van der Waals surface area (Å²) in [5.74, 6) is -0.196. The number of hydrogen-bond donors (Lipinski definition) is 0. The molecule has 0 bridgehead atoms. The summed E-state index contributed by atoms with van der Waals surface area (Å²) in [5, 5.41) is 0. The van der Waals surface area contributed by atoms with Gasteiger partial charge >= 0.3 is 0 Å². The Morgan fingerprint density at radius 2 is 1.89 bits per heavy atom. The second-order valence-corrected chi connectivity index (χ2v) is 7.62. The lowest BCUT2D eigenvalue weighted by Gasteiger charge is -2.05. The smallest absolute Gasteiger partial charge is 0.123 e. The standard InChI is InChI=1S/C24H26FNOS/c1-17-21(11-13-26-12-4-14-27-2)24-16-19(25)7-10-22(24)23(17)15-18-5-8-20(28-3)9-6-18/h5-10,12,15-16H,4,11,13-14H2,1-3H3/b23-15-,26-12?. The van der Waals surface area contributed by atoms with Crippen molar-refractivity contribution in [2.75, 3.05) is 26.5 Å². The van der Waals surface area contributed by atoms with Gasteiger partial charge in [0, 0.05) is 31.2 Å². The predicted molar refractivity (Wildman–Crippen MR) is 120 cm³/mol. The predicted octanol–water partition coefficient (Wildman–Crippen LogP) is 6.37. The zero-order valence-corrected chi connectivity index (χ0v) is 17.5. The van der Waals surface area contributed by atoms with Crippen molar-refractivity contribution in [1.82, 2.24) is 0 Å². The van der Waals surface area contributed by atoms with Crippen LogP contribution in [-0.4, -0.2) is 32.7 Å². The molecule has 3 rings (SSSR count). The van der Waals surface area contributed by atoms with E-state index in [1.54, 1.807) is 31.0 Å². The number of methoxy groups -OCH3 is 1. The van der Waals surface area contributed by atoms with Crippen LogP contribution in [0.1, 0.15) is 36.5 Å². The maximum Gasteiger partial charge on any atom is 0.123 e. The van der Waals surface area contributed by atoms with Gasteiger partial charge in [0.15, 0.2) is 0 Å². The quantitative estimate of drug-likeness (QED) is 0.294. The van der Waals surface area contributed by atoms with Gasteiger partial charge in [0.2, 0.25) is 0 Å². The van der Waals surface area contributed by atoms with E-state index in [-0.39, 0.29) is 5.82 Å². The van der Waals surface area contributed by atoms with Gasteiger partial charge in [-0.05, 0) is 83.4 Å². The molecule has 28 heavy (non-hydrogen) atoms. The van der Waals surface area contributed by atoms with Crippen molar-refractivity contribution in [3.8, 4) is 0 Å². The van der Waals surface area contributed by atoms with Crippen molar-refractivity contribution in [1.29, 1.82) is 0 Å². The molecule has 0 saturated heterocycles. The van der Waals surface area contributed by atoms with Gasteiger partial charge in [-0.3, -0.25) is 4.99 Å². The fourth-order valence-electron chi connectivity index (χ4n) is 3.47. The first kappa shape index (κ1) is 20.6. The second kappa shape index (κ2) is 9.85. The molecule has 1 aliphatic rings. The number of allylic oxidation sites excluding steroid dienone is 2. The molecule has 0 saturated carbocycles. The highest BCUT2D eigenvalue weighted by Gasteiger charge is 2.23. The van der Waals surface area contributed by atoms with E-state index in [1.165, 1.54) is 21.6 Å². The van der Waals surface area contributed by atoms with E-state index in [4.69, 9.17) is 4.74 Å². The van der Waals surface area contributed by atoms with Gasteiger partial charge in [-0.1, -0.05) is 18.2 Å². The van der Waals surface area contributed by atoms with Crippen LogP contribution in [0.25, 0.3) is 17.2 Å². The van der Waals surface area contributed by atoms with Crippen molar-refractivity contribution in [2.24, 2.45) is 4.99 Å². The summed E-state index contributed by atoms with van der Waals surface area (Å²) < 4.78 is 19.0. The average Bonchev–Trinajstić information content (AvgIpc) is 2.96. The number of thioether (sulfide) groups is 1. The van der Waals surface area contributed by atoms with Crippen molar-refractivity contribution >= 4 is 35.2 Å². The van der Waals surface area contributed by atoms with Gasteiger partial charge in [-0.15, -0.1) is 11.8 Å². The van der Waals surface area contributed by atoms with E-state index >= 15 is 0 Å². The zero-order valence-electron chi connectivity index (χ0n) is 16.7. The van der Waals surface area contributed by atoms with E-state index < -0.39 is 0 Å². The molecule has 0 atom stereocenters. The van der Waals surface area contributed by atoms with Crippen LogP contribution >= 0.6 is 11.8 Å². The third-order valence-electron chi connectivity index (χ3n) is 4.95. The Bertz CT molecular complexity index is 913. The van der Waals surface area contributed by atoms with E-state index in [2.05, 4.69) is 48.5 Å². The van der Waals surface area contributed by atoms with Crippen molar-refractivity contribution in [3.63, 3.8) is 0 Å². The first-order valence-electron chi connectivity index (χ1n) is 9.47. The minimum Gasteiger partial charge on any atom is -0.384 e. The van der Waals surface area contributed by atoms with Crippen molar-refractivity contribution < 1.29 is 9.13 Å². The number of hydrogen-bond acceptors (Lipinski definition) is 3. The van der Waals surface area contributed by atoms with Crippen LogP contribution in [-0.2, 0) is 4.74 Å². The summed E-state index contributed by atoms with van der Waals surface area (Å²) in [6.45, 7) is 3.51. The SMILES string of the molecule is COCCC=NCCC1=C(C)/C(=C/c2ccc(SC)cc2)c2ccc(F)cc21. The van der Waals surface area contributed by atoms with Gasteiger partial charge < -0.3 is 4.74 Å². The highest BCUT2D eigenvalue weighted by atomic mass is 32.2. The Hall–Kier alpha value is -2.17. The molecule has 146 valence electrons. The van der Waals surface area contributed by atoms with Crippen molar-refractivity contribution in [3.05, 3.63) is 70.5 Å². The van der Waals surface area contributed by atoms with E-state index in [0.29, 0.717) is 13.2 Å². The summed E-state index contributed by atoms with van der Waals surface area (Å²) in [5.41, 5.74) is 6.82. The third kappa shape index (κ3) is 4.81. The maximum absolute atomic E-state index is 13.9. The summed E-state index contributed by atoms with van der Waals surface area (Å²) in [6, 6.07) is 13.6. The molecule has 0 fully saturated rings. The van der Waals surface area contributed by atoms with E-state index in [0.717, 1.165) is 29.5 Å². The average molecular weight is 396 g/mol. The Kier molecular flexibility index (Phi) is 7.24. The zero-order chi connectivity index (χ0) is 19.9. The van der Waals surface area contributed by atoms with Crippen LogP contribution in [0.4, 0.5) is 4.39 Å². The number of rotatable bonds is 8. The third-order valence-corrected chi connectivity index (χ3v) is 5.70. The summed E-state index contributed by atoms with van der Waals surface area (Å²) >= 11 is 1.73. The Balaban J connectivity index is 1.88. The maximum atomic E-state index is 13.9. The van der Waals surface area contributed by atoms with Gasteiger partial charge in [0.1, 0.15) is 5.82 Å². The monoisotopic (exact) mass is 395 g/mol. The molecule has 0 heterocycles. The highest BCUT2D eigenvalue weighted by Crippen LogP contribution is 2.43. The number of fused-ring (bicyclic) bond motifs is 1. The Morgan fingerprint density at radius 3 is 2.61 bits per heavy atom. The second-order valence-electron chi connectivity index (χ2n) is 6.74. The molecule has 0 spiro atoms. The molecular formula is C24H26FNOS. The molecule has 1 aliphatic carbocycles. The van der Waals surface area contributed by atoms with E-state index in [1.807, 2.05) is 12.3 Å².